The molecule has 0 bridgehead atoms. The van der Waals surface area contributed by atoms with E-state index in [0.29, 0.717) is 17.0 Å². The number of amides is 4. The Morgan fingerprint density at radius 2 is 1.76 bits per heavy atom. The van der Waals surface area contributed by atoms with E-state index in [0.717, 1.165) is 21.6 Å². The van der Waals surface area contributed by atoms with Gasteiger partial charge in [0.05, 0.1) is 10.7 Å². The summed E-state index contributed by atoms with van der Waals surface area (Å²) in [6.07, 6.45) is 1.37. The highest BCUT2D eigenvalue weighted by Crippen LogP contribution is 2.30. The number of nitrogens with zero attached hydrogens (tertiary/aromatic N) is 1. The smallest absolute Gasteiger partial charge is 0.335 e. The van der Waals surface area contributed by atoms with Crippen LogP contribution in [-0.4, -0.2) is 17.8 Å². The number of aryl methyl sites for hydroxylation is 1. The summed E-state index contributed by atoms with van der Waals surface area (Å²) in [6.45, 7) is 3.86. The van der Waals surface area contributed by atoms with Crippen molar-refractivity contribution >= 4 is 41.2 Å². The summed E-state index contributed by atoms with van der Waals surface area (Å²) in [4.78, 5) is 39.0. The van der Waals surface area contributed by atoms with Crippen LogP contribution in [0.15, 0.2) is 66.2 Å². The van der Waals surface area contributed by atoms with Crippen molar-refractivity contribution < 1.29 is 23.5 Å². The Balaban J connectivity index is 1.58. The SMILES string of the molecule is Cc1cccc(N2C(=O)NC(=O)/C(=C\c3ccc(OCc4ccc(F)cc4)c(Cl)c3)C2=O)c1C. The largest absolute Gasteiger partial charge is 0.487 e. The highest BCUT2D eigenvalue weighted by atomic mass is 35.5. The van der Waals surface area contributed by atoms with E-state index in [9.17, 15) is 18.8 Å². The molecule has 8 heteroatoms. The molecule has 34 heavy (non-hydrogen) atoms. The second-order valence-electron chi connectivity index (χ2n) is 7.78. The molecule has 0 saturated carbocycles. The van der Waals surface area contributed by atoms with E-state index in [2.05, 4.69) is 5.32 Å². The molecule has 1 N–H and O–H groups in total. The fourth-order valence-electron chi connectivity index (χ4n) is 3.49. The zero-order valence-corrected chi connectivity index (χ0v) is 19.2. The molecule has 1 heterocycles. The molecule has 1 fully saturated rings. The minimum atomic E-state index is -0.802. The van der Waals surface area contributed by atoms with Crippen molar-refractivity contribution in [2.24, 2.45) is 0 Å². The first-order chi connectivity index (χ1) is 16.2. The zero-order chi connectivity index (χ0) is 24.4. The van der Waals surface area contributed by atoms with Crippen molar-refractivity contribution in [3.8, 4) is 5.75 Å². The van der Waals surface area contributed by atoms with E-state index in [4.69, 9.17) is 16.3 Å². The van der Waals surface area contributed by atoms with E-state index in [-0.39, 0.29) is 23.0 Å². The minimum Gasteiger partial charge on any atom is -0.487 e. The van der Waals surface area contributed by atoms with Crippen LogP contribution in [0.3, 0.4) is 0 Å². The molecule has 0 aliphatic carbocycles. The summed E-state index contributed by atoms with van der Waals surface area (Å²) in [7, 11) is 0. The molecule has 3 aromatic carbocycles. The van der Waals surface area contributed by atoms with Crippen LogP contribution in [0.1, 0.15) is 22.3 Å². The summed E-state index contributed by atoms with van der Waals surface area (Å²) >= 11 is 6.33. The lowest BCUT2D eigenvalue weighted by molar-refractivity contribution is -0.122. The first-order valence-electron chi connectivity index (χ1n) is 10.4. The molecular weight excluding hydrogens is 459 g/mol. The first kappa shape index (κ1) is 23.2. The molecule has 3 aromatic rings. The Hall–Kier alpha value is -3.97. The number of carbonyl (C=O) groups is 3. The van der Waals surface area contributed by atoms with Gasteiger partial charge in [0.1, 0.15) is 23.7 Å². The maximum Gasteiger partial charge on any atom is 0.335 e. The quantitative estimate of drug-likeness (QED) is 0.396. The van der Waals surface area contributed by atoms with Gasteiger partial charge in [-0.1, -0.05) is 41.9 Å². The van der Waals surface area contributed by atoms with Gasteiger partial charge in [0.2, 0.25) is 0 Å². The van der Waals surface area contributed by atoms with Crippen LogP contribution in [-0.2, 0) is 16.2 Å². The number of urea groups is 1. The number of ether oxygens (including phenoxy) is 1. The van der Waals surface area contributed by atoms with Gasteiger partial charge in [-0.15, -0.1) is 0 Å². The molecule has 1 aliphatic heterocycles. The van der Waals surface area contributed by atoms with Gasteiger partial charge in [-0.25, -0.2) is 14.1 Å². The number of nitrogens with one attached hydrogen (secondary N) is 1. The van der Waals surface area contributed by atoms with E-state index in [1.807, 2.05) is 13.0 Å². The molecule has 0 aromatic heterocycles. The van der Waals surface area contributed by atoms with Crippen LogP contribution in [0.25, 0.3) is 6.08 Å². The maximum atomic E-state index is 13.1. The van der Waals surface area contributed by atoms with Crippen LogP contribution in [0, 0.1) is 19.7 Å². The third kappa shape index (κ3) is 4.70. The lowest BCUT2D eigenvalue weighted by Gasteiger charge is -2.28. The number of rotatable bonds is 5. The Bertz CT molecular complexity index is 1340. The summed E-state index contributed by atoms with van der Waals surface area (Å²) in [5, 5.41) is 2.48. The van der Waals surface area contributed by atoms with Crippen LogP contribution in [0.4, 0.5) is 14.9 Å². The number of imide groups is 2. The average Bonchev–Trinajstić information content (AvgIpc) is 2.80. The summed E-state index contributed by atoms with van der Waals surface area (Å²) in [5.41, 5.74) is 3.12. The van der Waals surface area contributed by atoms with Gasteiger partial charge in [0.25, 0.3) is 11.8 Å². The number of halogens is 2. The van der Waals surface area contributed by atoms with Crippen LogP contribution >= 0.6 is 11.6 Å². The molecule has 4 amide bonds. The van der Waals surface area contributed by atoms with Gasteiger partial charge in [-0.3, -0.25) is 14.9 Å². The van der Waals surface area contributed by atoms with E-state index < -0.39 is 17.8 Å². The average molecular weight is 479 g/mol. The molecule has 1 saturated heterocycles. The minimum absolute atomic E-state index is 0.189. The second-order valence-corrected chi connectivity index (χ2v) is 8.19. The molecule has 4 rings (SSSR count). The van der Waals surface area contributed by atoms with Gasteiger partial charge < -0.3 is 4.74 Å². The first-order valence-corrected chi connectivity index (χ1v) is 10.8. The van der Waals surface area contributed by atoms with Gasteiger partial charge in [-0.05, 0) is 72.5 Å². The van der Waals surface area contributed by atoms with Crippen LogP contribution < -0.4 is 15.0 Å². The Morgan fingerprint density at radius 3 is 2.47 bits per heavy atom. The monoisotopic (exact) mass is 478 g/mol. The van der Waals surface area contributed by atoms with E-state index >= 15 is 0 Å². The van der Waals surface area contributed by atoms with Crippen molar-refractivity contribution in [1.82, 2.24) is 5.32 Å². The Labute approximate surface area is 200 Å². The van der Waals surface area contributed by atoms with Gasteiger partial charge in [0, 0.05) is 0 Å². The van der Waals surface area contributed by atoms with Crippen molar-refractivity contribution in [2.45, 2.75) is 20.5 Å². The van der Waals surface area contributed by atoms with E-state index in [1.54, 1.807) is 49.4 Å². The number of hydrogen-bond acceptors (Lipinski definition) is 4. The Morgan fingerprint density at radius 1 is 1.03 bits per heavy atom. The molecule has 0 spiro atoms. The number of benzene rings is 3. The highest BCUT2D eigenvalue weighted by Gasteiger charge is 2.37. The predicted molar refractivity (Wildman–Crippen MR) is 127 cm³/mol. The van der Waals surface area contributed by atoms with Crippen molar-refractivity contribution in [3.05, 3.63) is 99.3 Å². The Kier molecular flexibility index (Phi) is 6.47. The molecule has 0 unspecified atom stereocenters. The third-order valence-corrected chi connectivity index (χ3v) is 5.79. The second kappa shape index (κ2) is 9.49. The van der Waals surface area contributed by atoms with Crippen molar-refractivity contribution in [2.75, 3.05) is 4.90 Å². The van der Waals surface area contributed by atoms with Gasteiger partial charge in [-0.2, -0.15) is 0 Å². The summed E-state index contributed by atoms with van der Waals surface area (Å²) in [5.74, 6) is -1.46. The number of hydrogen-bond donors (Lipinski definition) is 1. The fourth-order valence-corrected chi connectivity index (χ4v) is 3.73. The highest BCUT2D eigenvalue weighted by molar-refractivity contribution is 6.39. The van der Waals surface area contributed by atoms with E-state index in [1.165, 1.54) is 18.2 Å². The summed E-state index contributed by atoms with van der Waals surface area (Å²) in [6, 6.07) is 15.2. The topological polar surface area (TPSA) is 75.7 Å². The molecule has 6 nitrogen and oxygen atoms in total. The normalized spacial score (nSPS) is 15.0. The maximum absolute atomic E-state index is 13.1. The van der Waals surface area contributed by atoms with Crippen LogP contribution in [0.5, 0.6) is 5.75 Å². The third-order valence-electron chi connectivity index (χ3n) is 5.49. The molecular formula is C26H20ClFN2O4. The molecule has 1 aliphatic rings. The standard InChI is InChI=1S/C26H20ClFN2O4/c1-15-4-3-5-22(16(15)2)30-25(32)20(24(31)29-26(30)33)12-18-8-11-23(21(27)13-18)34-14-17-6-9-19(28)10-7-17/h3-13H,14H2,1-2H3,(H,29,31,33)/b20-12+. The molecule has 172 valence electrons. The van der Waals surface area contributed by atoms with Gasteiger partial charge in [0.15, 0.2) is 0 Å². The number of anilines is 1. The molecule has 0 radical (unpaired) electrons. The summed E-state index contributed by atoms with van der Waals surface area (Å²) < 4.78 is 18.7. The molecule has 0 atom stereocenters. The lowest BCUT2D eigenvalue weighted by atomic mass is 10.0. The van der Waals surface area contributed by atoms with Gasteiger partial charge >= 0.3 is 6.03 Å². The number of carbonyl (C=O) groups excluding carboxylic acids is 3. The fraction of sp³-hybridized carbons (Fsp3) is 0.115. The number of barbiturate groups is 1. The predicted octanol–water partition coefficient (Wildman–Crippen LogP) is 5.34. The lowest BCUT2D eigenvalue weighted by Crippen LogP contribution is -2.54. The van der Waals surface area contributed by atoms with Crippen molar-refractivity contribution in [1.29, 1.82) is 0 Å². The zero-order valence-electron chi connectivity index (χ0n) is 18.4. The van der Waals surface area contributed by atoms with Crippen LogP contribution in [0.2, 0.25) is 5.02 Å². The van der Waals surface area contributed by atoms with Crippen molar-refractivity contribution in [3.63, 3.8) is 0 Å².